The molecule has 0 aliphatic rings. The van der Waals surface area contributed by atoms with Gasteiger partial charge in [0, 0.05) is 18.2 Å². The molecule has 0 spiro atoms. The van der Waals surface area contributed by atoms with Gasteiger partial charge in [0.05, 0.1) is 0 Å². The van der Waals surface area contributed by atoms with Gasteiger partial charge in [0.1, 0.15) is 17.3 Å². The van der Waals surface area contributed by atoms with Crippen LogP contribution in [0.15, 0.2) is 12.1 Å². The first-order valence-corrected chi connectivity index (χ1v) is 5.97. The lowest BCUT2D eigenvalue weighted by molar-refractivity contribution is 0.0699. The Hall–Kier alpha value is -1.65. The molecule has 0 aliphatic carbocycles. The topological polar surface area (TPSA) is 46.3 Å². The first kappa shape index (κ1) is 14.4. The van der Waals surface area contributed by atoms with Crippen LogP contribution in [0.5, 0.6) is 0 Å². The van der Waals surface area contributed by atoms with Gasteiger partial charge in [-0.2, -0.15) is 0 Å². The number of carbonyl (C=O) groups is 1. The van der Waals surface area contributed by atoms with Crippen molar-refractivity contribution in [2.75, 3.05) is 12.3 Å². The average molecular weight is 256 g/mol. The minimum absolute atomic E-state index is 0.0126. The summed E-state index contributed by atoms with van der Waals surface area (Å²) in [6, 6.07) is 1.98. The van der Waals surface area contributed by atoms with Gasteiger partial charge in [-0.05, 0) is 32.4 Å². The van der Waals surface area contributed by atoms with Crippen molar-refractivity contribution < 1.29 is 13.6 Å². The third kappa shape index (κ3) is 2.78. The molecule has 1 atom stereocenters. The SMILES string of the molecule is CCC(C)N(CC)C(=O)c1cc(F)c(N)c(F)c1. The summed E-state index contributed by atoms with van der Waals surface area (Å²) in [5, 5.41) is 0. The quantitative estimate of drug-likeness (QED) is 0.842. The van der Waals surface area contributed by atoms with E-state index in [1.165, 1.54) is 0 Å². The van der Waals surface area contributed by atoms with Crippen LogP contribution in [0.1, 0.15) is 37.6 Å². The van der Waals surface area contributed by atoms with Crippen molar-refractivity contribution in [3.63, 3.8) is 0 Å². The number of carbonyl (C=O) groups excluding carboxylic acids is 1. The van der Waals surface area contributed by atoms with Gasteiger partial charge in [0.25, 0.3) is 5.91 Å². The van der Waals surface area contributed by atoms with E-state index in [4.69, 9.17) is 5.73 Å². The Kier molecular flexibility index (Phi) is 4.64. The number of rotatable bonds is 4. The zero-order valence-electron chi connectivity index (χ0n) is 10.8. The molecule has 1 rings (SSSR count). The summed E-state index contributed by atoms with van der Waals surface area (Å²) < 4.78 is 26.6. The monoisotopic (exact) mass is 256 g/mol. The Bertz CT molecular complexity index is 426. The molecule has 1 aromatic rings. The van der Waals surface area contributed by atoms with Crippen LogP contribution in [0.25, 0.3) is 0 Å². The maximum Gasteiger partial charge on any atom is 0.254 e. The Balaban J connectivity index is 3.10. The van der Waals surface area contributed by atoms with Crippen LogP contribution in [0, 0.1) is 11.6 Å². The molecule has 1 unspecified atom stereocenters. The third-order valence-electron chi connectivity index (χ3n) is 3.05. The molecule has 0 aliphatic heterocycles. The number of amides is 1. The van der Waals surface area contributed by atoms with Crippen LogP contribution in [-0.2, 0) is 0 Å². The average Bonchev–Trinajstić information content (AvgIpc) is 2.35. The van der Waals surface area contributed by atoms with Gasteiger partial charge in [-0.15, -0.1) is 0 Å². The van der Waals surface area contributed by atoms with Gasteiger partial charge >= 0.3 is 0 Å². The molecule has 100 valence electrons. The molecule has 0 saturated heterocycles. The largest absolute Gasteiger partial charge is 0.394 e. The van der Waals surface area contributed by atoms with Gasteiger partial charge in [-0.1, -0.05) is 6.92 Å². The first-order valence-electron chi connectivity index (χ1n) is 5.97. The Labute approximate surface area is 106 Å². The Morgan fingerprint density at radius 2 is 1.83 bits per heavy atom. The number of hydrogen-bond acceptors (Lipinski definition) is 2. The van der Waals surface area contributed by atoms with Crippen LogP contribution in [0.3, 0.4) is 0 Å². The van der Waals surface area contributed by atoms with Crippen molar-refractivity contribution in [2.24, 2.45) is 0 Å². The van der Waals surface area contributed by atoms with Crippen molar-refractivity contribution >= 4 is 11.6 Å². The minimum atomic E-state index is -0.904. The lowest BCUT2D eigenvalue weighted by Crippen LogP contribution is -2.38. The van der Waals surface area contributed by atoms with Gasteiger partial charge in [-0.3, -0.25) is 4.79 Å². The highest BCUT2D eigenvalue weighted by atomic mass is 19.1. The molecule has 2 N–H and O–H groups in total. The van der Waals surface area contributed by atoms with E-state index in [-0.39, 0.29) is 17.5 Å². The van der Waals surface area contributed by atoms with Crippen molar-refractivity contribution in [3.8, 4) is 0 Å². The molecule has 0 fully saturated rings. The summed E-state index contributed by atoms with van der Waals surface area (Å²) in [4.78, 5) is 13.7. The molecule has 5 heteroatoms. The van der Waals surface area contributed by atoms with Crippen LogP contribution in [0.2, 0.25) is 0 Å². The molecule has 0 aromatic heterocycles. The highest BCUT2D eigenvalue weighted by Gasteiger charge is 2.21. The molecule has 1 aromatic carbocycles. The van der Waals surface area contributed by atoms with Crippen molar-refractivity contribution in [1.29, 1.82) is 0 Å². The molecule has 0 bridgehead atoms. The standard InChI is InChI=1S/C13H18F2N2O/c1-4-8(3)17(5-2)13(18)9-6-10(14)12(16)11(15)7-9/h6-8H,4-5,16H2,1-3H3. The molecule has 0 heterocycles. The lowest BCUT2D eigenvalue weighted by atomic mass is 10.1. The highest BCUT2D eigenvalue weighted by Crippen LogP contribution is 2.19. The van der Waals surface area contributed by atoms with E-state index in [1.807, 2.05) is 20.8 Å². The molecule has 18 heavy (non-hydrogen) atoms. The molecular formula is C13H18F2N2O. The van der Waals surface area contributed by atoms with E-state index < -0.39 is 17.3 Å². The number of hydrogen-bond donors (Lipinski definition) is 1. The zero-order chi connectivity index (χ0) is 13.9. The van der Waals surface area contributed by atoms with E-state index in [0.29, 0.717) is 6.54 Å². The number of halogens is 2. The smallest absolute Gasteiger partial charge is 0.254 e. The van der Waals surface area contributed by atoms with Gasteiger partial charge < -0.3 is 10.6 Å². The lowest BCUT2D eigenvalue weighted by Gasteiger charge is -2.27. The molecular weight excluding hydrogens is 238 g/mol. The van der Waals surface area contributed by atoms with Crippen molar-refractivity contribution in [2.45, 2.75) is 33.2 Å². The summed E-state index contributed by atoms with van der Waals surface area (Å²) in [5.41, 5.74) is 4.60. The highest BCUT2D eigenvalue weighted by molar-refractivity contribution is 5.94. The normalized spacial score (nSPS) is 12.3. The fourth-order valence-electron chi connectivity index (χ4n) is 1.75. The third-order valence-corrected chi connectivity index (χ3v) is 3.05. The van der Waals surface area contributed by atoms with Gasteiger partial charge in [0.2, 0.25) is 0 Å². The Morgan fingerprint density at radius 1 is 1.33 bits per heavy atom. The number of anilines is 1. The second kappa shape index (κ2) is 5.80. The number of nitrogen functional groups attached to an aromatic ring is 1. The molecule has 0 radical (unpaired) electrons. The van der Waals surface area contributed by atoms with E-state index in [0.717, 1.165) is 18.6 Å². The van der Waals surface area contributed by atoms with Crippen LogP contribution >= 0.6 is 0 Å². The summed E-state index contributed by atoms with van der Waals surface area (Å²) >= 11 is 0. The van der Waals surface area contributed by atoms with Crippen LogP contribution in [-0.4, -0.2) is 23.4 Å². The summed E-state index contributed by atoms with van der Waals surface area (Å²) in [6.07, 6.45) is 0.777. The van der Waals surface area contributed by atoms with Crippen LogP contribution < -0.4 is 5.73 Å². The summed E-state index contributed by atoms with van der Waals surface area (Å²) in [5.74, 6) is -2.19. The fraction of sp³-hybridized carbons (Fsp3) is 0.462. The van der Waals surface area contributed by atoms with E-state index in [2.05, 4.69) is 0 Å². The number of nitrogens with zero attached hydrogens (tertiary/aromatic N) is 1. The molecule has 0 saturated carbocycles. The molecule has 1 amide bonds. The zero-order valence-corrected chi connectivity index (χ0v) is 10.8. The minimum Gasteiger partial charge on any atom is -0.394 e. The number of nitrogens with two attached hydrogens (primary N) is 1. The predicted octanol–water partition coefficient (Wildman–Crippen LogP) is 2.81. The maximum absolute atomic E-state index is 13.3. The predicted molar refractivity (Wildman–Crippen MR) is 67.2 cm³/mol. The second-order valence-electron chi connectivity index (χ2n) is 4.20. The van der Waals surface area contributed by atoms with Gasteiger partial charge in [-0.25, -0.2) is 8.78 Å². The van der Waals surface area contributed by atoms with Crippen molar-refractivity contribution in [1.82, 2.24) is 4.90 Å². The van der Waals surface area contributed by atoms with E-state index >= 15 is 0 Å². The second-order valence-corrected chi connectivity index (χ2v) is 4.20. The first-order chi connectivity index (χ1) is 8.42. The maximum atomic E-state index is 13.3. The Morgan fingerprint density at radius 3 is 2.22 bits per heavy atom. The van der Waals surface area contributed by atoms with Crippen molar-refractivity contribution in [3.05, 3.63) is 29.3 Å². The van der Waals surface area contributed by atoms with E-state index in [1.54, 1.807) is 4.90 Å². The molecule has 3 nitrogen and oxygen atoms in total. The summed E-state index contributed by atoms with van der Waals surface area (Å²) in [6.45, 7) is 6.16. The van der Waals surface area contributed by atoms with Gasteiger partial charge in [0.15, 0.2) is 0 Å². The number of benzene rings is 1. The van der Waals surface area contributed by atoms with E-state index in [9.17, 15) is 13.6 Å². The fourth-order valence-corrected chi connectivity index (χ4v) is 1.75. The summed E-state index contributed by atoms with van der Waals surface area (Å²) in [7, 11) is 0. The van der Waals surface area contributed by atoms with Crippen LogP contribution in [0.4, 0.5) is 14.5 Å².